The van der Waals surface area contributed by atoms with E-state index in [1.807, 2.05) is 43.3 Å². The molecule has 2 aromatic heterocycles. The zero-order valence-corrected chi connectivity index (χ0v) is 17.1. The summed E-state index contributed by atoms with van der Waals surface area (Å²) in [4.78, 5) is 21.9. The second-order valence-electron chi connectivity index (χ2n) is 6.46. The summed E-state index contributed by atoms with van der Waals surface area (Å²) in [5, 5.41) is 7.68. The van der Waals surface area contributed by atoms with Crippen molar-refractivity contribution < 1.29 is 9.21 Å². The summed E-state index contributed by atoms with van der Waals surface area (Å²) in [6.45, 7) is 5.40. The van der Waals surface area contributed by atoms with Crippen molar-refractivity contribution in [2.24, 2.45) is 0 Å². The van der Waals surface area contributed by atoms with Crippen LogP contribution in [0.25, 0.3) is 10.9 Å². The van der Waals surface area contributed by atoms with Crippen molar-refractivity contribution in [2.75, 3.05) is 11.9 Å². The molecule has 1 amide bonds. The number of nitrogens with zero attached hydrogens (tertiary/aromatic N) is 2. The lowest BCUT2D eigenvalue weighted by Gasteiger charge is -2.15. The number of para-hydroxylation sites is 1. The van der Waals surface area contributed by atoms with Crippen molar-refractivity contribution in [2.45, 2.75) is 50.1 Å². The van der Waals surface area contributed by atoms with Gasteiger partial charge in [0.2, 0.25) is 5.91 Å². The van der Waals surface area contributed by atoms with E-state index in [4.69, 9.17) is 9.40 Å². The molecular formula is C21H26N4O2S. The Bertz CT molecular complexity index is 899. The Morgan fingerprint density at radius 1 is 1.18 bits per heavy atom. The number of carbonyl (C=O) groups is 1. The molecule has 0 spiro atoms. The molecule has 28 heavy (non-hydrogen) atoms. The highest BCUT2D eigenvalue weighted by Gasteiger charge is 2.20. The van der Waals surface area contributed by atoms with Gasteiger partial charge in [0.25, 0.3) is 0 Å². The van der Waals surface area contributed by atoms with Gasteiger partial charge in [0.1, 0.15) is 11.6 Å². The number of aromatic nitrogens is 2. The van der Waals surface area contributed by atoms with Crippen molar-refractivity contribution in [3.8, 4) is 0 Å². The van der Waals surface area contributed by atoms with Crippen LogP contribution in [0.15, 0.2) is 52.2 Å². The summed E-state index contributed by atoms with van der Waals surface area (Å²) in [7, 11) is 0. The molecule has 2 heterocycles. The molecule has 0 saturated heterocycles. The van der Waals surface area contributed by atoms with Gasteiger partial charge in [-0.15, -0.1) is 0 Å². The largest absolute Gasteiger partial charge is 0.467 e. The number of unbranched alkanes of at least 4 members (excludes halogenated alkanes) is 1. The van der Waals surface area contributed by atoms with Crippen LogP contribution in [0.3, 0.4) is 0 Å². The third-order valence-electron chi connectivity index (χ3n) is 4.33. The SMILES string of the molecule is CCCCNc1nc(S[C@H](CC)C(=O)NCc2ccco2)nc2ccccc12. The maximum atomic E-state index is 12.6. The molecular weight excluding hydrogens is 372 g/mol. The normalized spacial score (nSPS) is 12.1. The van der Waals surface area contributed by atoms with E-state index in [1.54, 1.807) is 6.26 Å². The maximum Gasteiger partial charge on any atom is 0.233 e. The molecule has 0 unspecified atom stereocenters. The van der Waals surface area contributed by atoms with Crippen LogP contribution in [0.4, 0.5) is 5.82 Å². The summed E-state index contributed by atoms with van der Waals surface area (Å²) in [6, 6.07) is 11.6. The quantitative estimate of drug-likeness (QED) is 0.295. The van der Waals surface area contributed by atoms with Gasteiger partial charge in [-0.05, 0) is 37.1 Å². The van der Waals surface area contributed by atoms with Crippen LogP contribution >= 0.6 is 11.8 Å². The summed E-state index contributed by atoms with van der Waals surface area (Å²) >= 11 is 1.40. The van der Waals surface area contributed by atoms with E-state index in [9.17, 15) is 4.79 Å². The van der Waals surface area contributed by atoms with Crippen molar-refractivity contribution in [1.29, 1.82) is 0 Å². The van der Waals surface area contributed by atoms with Crippen LogP contribution in [-0.4, -0.2) is 27.7 Å². The van der Waals surface area contributed by atoms with Crippen LogP contribution in [0, 0.1) is 0 Å². The first-order chi connectivity index (χ1) is 13.7. The van der Waals surface area contributed by atoms with Crippen LogP contribution in [0.1, 0.15) is 38.9 Å². The van der Waals surface area contributed by atoms with Crippen molar-refractivity contribution >= 4 is 34.4 Å². The van der Waals surface area contributed by atoms with Crippen molar-refractivity contribution in [1.82, 2.24) is 15.3 Å². The molecule has 0 aliphatic carbocycles. The van der Waals surface area contributed by atoms with Crippen LogP contribution in [-0.2, 0) is 11.3 Å². The molecule has 6 nitrogen and oxygen atoms in total. The zero-order chi connectivity index (χ0) is 19.8. The highest BCUT2D eigenvalue weighted by atomic mass is 32.2. The average Bonchev–Trinajstić information content (AvgIpc) is 3.24. The number of benzene rings is 1. The number of nitrogens with one attached hydrogen (secondary N) is 2. The maximum absolute atomic E-state index is 12.6. The predicted octanol–water partition coefficient (Wildman–Crippen LogP) is 4.62. The first kappa shape index (κ1) is 20.2. The van der Waals surface area contributed by atoms with Gasteiger partial charge in [0, 0.05) is 11.9 Å². The van der Waals surface area contributed by atoms with Gasteiger partial charge in [-0.25, -0.2) is 9.97 Å². The number of thioether (sulfide) groups is 1. The van der Waals surface area contributed by atoms with E-state index in [2.05, 4.69) is 22.5 Å². The molecule has 0 fully saturated rings. The smallest absolute Gasteiger partial charge is 0.233 e. The van der Waals surface area contributed by atoms with E-state index >= 15 is 0 Å². The molecule has 1 atom stereocenters. The number of furan rings is 1. The van der Waals surface area contributed by atoms with Crippen LogP contribution in [0.2, 0.25) is 0 Å². The van der Waals surface area contributed by atoms with Gasteiger partial charge in [0.05, 0.1) is 23.6 Å². The molecule has 0 radical (unpaired) electrons. The first-order valence-electron chi connectivity index (χ1n) is 9.68. The molecule has 1 aromatic carbocycles. The number of hydrogen-bond donors (Lipinski definition) is 2. The molecule has 148 valence electrons. The Kier molecular flexibility index (Phi) is 7.31. The Balaban J connectivity index is 1.74. The van der Waals surface area contributed by atoms with Crippen molar-refractivity contribution in [3.05, 3.63) is 48.4 Å². The Hall–Kier alpha value is -2.54. The molecule has 7 heteroatoms. The van der Waals surface area contributed by atoms with Gasteiger partial charge >= 0.3 is 0 Å². The topological polar surface area (TPSA) is 80.0 Å². The summed E-state index contributed by atoms with van der Waals surface area (Å²) in [6.07, 6.45) is 4.48. The number of anilines is 1. The van der Waals surface area contributed by atoms with Crippen LogP contribution < -0.4 is 10.6 Å². The fourth-order valence-electron chi connectivity index (χ4n) is 2.78. The predicted molar refractivity (Wildman–Crippen MR) is 113 cm³/mol. The number of fused-ring (bicyclic) bond motifs is 1. The molecule has 3 rings (SSSR count). The number of carbonyl (C=O) groups excluding carboxylic acids is 1. The second-order valence-corrected chi connectivity index (χ2v) is 7.63. The minimum Gasteiger partial charge on any atom is -0.467 e. The van der Waals surface area contributed by atoms with E-state index in [1.165, 1.54) is 11.8 Å². The summed E-state index contributed by atoms with van der Waals surface area (Å²) < 4.78 is 5.27. The summed E-state index contributed by atoms with van der Waals surface area (Å²) in [5.74, 6) is 1.52. The number of rotatable bonds is 10. The van der Waals surface area contributed by atoms with E-state index in [0.29, 0.717) is 18.1 Å². The molecule has 0 saturated carbocycles. The van der Waals surface area contributed by atoms with Gasteiger partial charge in [-0.3, -0.25) is 4.79 Å². The Labute approximate surface area is 169 Å². The lowest BCUT2D eigenvalue weighted by atomic mass is 10.2. The van der Waals surface area contributed by atoms with Gasteiger partial charge < -0.3 is 15.1 Å². The molecule has 2 N–H and O–H groups in total. The van der Waals surface area contributed by atoms with Crippen molar-refractivity contribution in [3.63, 3.8) is 0 Å². The highest BCUT2D eigenvalue weighted by molar-refractivity contribution is 8.00. The van der Waals surface area contributed by atoms with E-state index in [0.717, 1.165) is 41.9 Å². The monoisotopic (exact) mass is 398 g/mol. The molecule has 0 aliphatic heterocycles. The third-order valence-corrected chi connectivity index (χ3v) is 5.56. The van der Waals surface area contributed by atoms with Gasteiger partial charge in [0.15, 0.2) is 5.16 Å². The highest BCUT2D eigenvalue weighted by Crippen LogP contribution is 2.28. The Morgan fingerprint density at radius 3 is 2.79 bits per heavy atom. The minimum atomic E-state index is -0.264. The fourth-order valence-corrected chi connectivity index (χ4v) is 3.68. The minimum absolute atomic E-state index is 0.0406. The fraction of sp³-hybridized carbons (Fsp3) is 0.381. The lowest BCUT2D eigenvalue weighted by Crippen LogP contribution is -2.31. The number of hydrogen-bond acceptors (Lipinski definition) is 6. The number of amides is 1. The molecule has 0 aliphatic rings. The second kappa shape index (κ2) is 10.1. The molecule has 0 bridgehead atoms. The van der Waals surface area contributed by atoms with Crippen LogP contribution in [0.5, 0.6) is 0 Å². The first-order valence-corrected chi connectivity index (χ1v) is 10.6. The standard InChI is InChI=1S/C21H26N4O2S/c1-3-5-12-22-19-16-10-6-7-11-17(16)24-21(25-19)28-18(4-2)20(26)23-14-15-9-8-13-27-15/h6-11,13,18H,3-5,12,14H2,1-2H3,(H,23,26)(H,22,24,25)/t18-/m1/s1. The lowest BCUT2D eigenvalue weighted by molar-refractivity contribution is -0.120. The van der Waals surface area contributed by atoms with E-state index in [-0.39, 0.29) is 11.2 Å². The van der Waals surface area contributed by atoms with E-state index < -0.39 is 0 Å². The molecule has 3 aromatic rings. The Morgan fingerprint density at radius 2 is 2.04 bits per heavy atom. The zero-order valence-electron chi connectivity index (χ0n) is 16.3. The van der Waals surface area contributed by atoms with Gasteiger partial charge in [-0.2, -0.15) is 0 Å². The average molecular weight is 399 g/mol. The summed E-state index contributed by atoms with van der Waals surface area (Å²) in [5.41, 5.74) is 0.879. The third kappa shape index (κ3) is 5.25. The van der Waals surface area contributed by atoms with Gasteiger partial charge in [-0.1, -0.05) is 44.2 Å².